The van der Waals surface area contributed by atoms with Crippen LogP contribution >= 0.6 is 22.9 Å². The number of hydrogen-bond acceptors (Lipinski definition) is 2. The van der Waals surface area contributed by atoms with Crippen molar-refractivity contribution in [1.29, 1.82) is 0 Å². The average Bonchev–Trinajstić information content (AvgIpc) is 2.56. The maximum Gasteiger partial charge on any atom is 0.0513 e. The third kappa shape index (κ3) is 1.69. The number of rotatable bonds is 1. The first-order chi connectivity index (χ1) is 6.27. The minimum Gasteiger partial charge on any atom is -0.399 e. The fraction of sp³-hybridized carbons (Fsp3) is 0. The summed E-state index contributed by atoms with van der Waals surface area (Å²) in [7, 11) is 0. The molecule has 0 atom stereocenters. The molecule has 0 saturated heterocycles. The fourth-order valence-electron chi connectivity index (χ4n) is 1.16. The molecule has 0 bridgehead atoms. The van der Waals surface area contributed by atoms with E-state index in [1.54, 1.807) is 17.4 Å². The van der Waals surface area contributed by atoms with E-state index in [0.29, 0.717) is 10.7 Å². The van der Waals surface area contributed by atoms with Gasteiger partial charge in [0.2, 0.25) is 0 Å². The van der Waals surface area contributed by atoms with Crippen molar-refractivity contribution in [3.8, 4) is 10.4 Å². The summed E-state index contributed by atoms with van der Waals surface area (Å²) in [6.07, 6.45) is 0. The summed E-state index contributed by atoms with van der Waals surface area (Å²) >= 11 is 7.72. The van der Waals surface area contributed by atoms with Gasteiger partial charge in [-0.15, -0.1) is 11.3 Å². The summed E-state index contributed by atoms with van der Waals surface area (Å²) < 4.78 is 0. The van der Waals surface area contributed by atoms with Crippen molar-refractivity contribution < 1.29 is 0 Å². The molecular weight excluding hydrogens is 202 g/mol. The van der Waals surface area contributed by atoms with Crippen LogP contribution in [-0.2, 0) is 0 Å². The van der Waals surface area contributed by atoms with Gasteiger partial charge in [0.05, 0.1) is 5.02 Å². The van der Waals surface area contributed by atoms with Crippen LogP contribution in [-0.4, -0.2) is 0 Å². The van der Waals surface area contributed by atoms with Crippen molar-refractivity contribution in [2.45, 2.75) is 0 Å². The second-order valence-electron chi connectivity index (χ2n) is 2.72. The Morgan fingerprint density at radius 2 is 2.08 bits per heavy atom. The van der Waals surface area contributed by atoms with E-state index in [2.05, 4.69) is 0 Å². The van der Waals surface area contributed by atoms with Gasteiger partial charge in [-0.25, -0.2) is 0 Å². The molecule has 0 aliphatic rings. The molecule has 1 aromatic carbocycles. The maximum absolute atomic E-state index is 6.05. The van der Waals surface area contributed by atoms with Crippen molar-refractivity contribution in [1.82, 2.24) is 0 Å². The zero-order chi connectivity index (χ0) is 9.26. The summed E-state index contributed by atoms with van der Waals surface area (Å²) in [5.41, 5.74) is 7.35. The van der Waals surface area contributed by atoms with Gasteiger partial charge < -0.3 is 5.73 Å². The van der Waals surface area contributed by atoms with E-state index in [1.165, 1.54) is 4.88 Å². The lowest BCUT2D eigenvalue weighted by atomic mass is 10.2. The molecule has 0 amide bonds. The summed E-state index contributed by atoms with van der Waals surface area (Å²) in [5, 5.41) is 2.74. The number of thiophene rings is 1. The van der Waals surface area contributed by atoms with Crippen LogP contribution in [0, 0.1) is 0 Å². The monoisotopic (exact) mass is 209 g/mol. The molecule has 1 nitrogen and oxygen atoms in total. The molecule has 2 aromatic rings. The molecule has 0 spiro atoms. The van der Waals surface area contributed by atoms with Gasteiger partial charge in [-0.1, -0.05) is 23.7 Å². The van der Waals surface area contributed by atoms with Crippen LogP contribution in [0.1, 0.15) is 0 Å². The lowest BCUT2D eigenvalue weighted by Gasteiger charge is -2.01. The average molecular weight is 210 g/mol. The number of benzene rings is 1. The molecule has 0 unspecified atom stereocenters. The highest BCUT2D eigenvalue weighted by Crippen LogP contribution is 2.32. The van der Waals surface area contributed by atoms with Crippen molar-refractivity contribution in [3.63, 3.8) is 0 Å². The highest BCUT2D eigenvalue weighted by molar-refractivity contribution is 7.13. The van der Waals surface area contributed by atoms with Gasteiger partial charge in [0, 0.05) is 16.1 Å². The van der Waals surface area contributed by atoms with Crippen LogP contribution in [0.25, 0.3) is 10.4 Å². The first-order valence-electron chi connectivity index (χ1n) is 3.86. The van der Waals surface area contributed by atoms with E-state index in [9.17, 15) is 0 Å². The molecule has 0 saturated carbocycles. The number of hydrogen-bond donors (Lipinski definition) is 1. The number of nitrogens with two attached hydrogens (primary N) is 1. The smallest absolute Gasteiger partial charge is 0.0513 e. The van der Waals surface area contributed by atoms with Crippen LogP contribution in [0.4, 0.5) is 5.69 Å². The van der Waals surface area contributed by atoms with Crippen LogP contribution in [0.3, 0.4) is 0 Å². The van der Waals surface area contributed by atoms with Gasteiger partial charge in [0.1, 0.15) is 0 Å². The Labute approximate surface area is 85.8 Å². The van der Waals surface area contributed by atoms with Crippen molar-refractivity contribution in [3.05, 3.63) is 40.7 Å². The Morgan fingerprint density at radius 1 is 1.23 bits per heavy atom. The predicted molar refractivity (Wildman–Crippen MR) is 59.2 cm³/mol. The van der Waals surface area contributed by atoms with E-state index >= 15 is 0 Å². The molecule has 13 heavy (non-hydrogen) atoms. The largest absolute Gasteiger partial charge is 0.399 e. The van der Waals surface area contributed by atoms with E-state index in [4.69, 9.17) is 17.3 Å². The van der Waals surface area contributed by atoms with Crippen molar-refractivity contribution in [2.75, 3.05) is 5.73 Å². The molecule has 1 aromatic heterocycles. The number of anilines is 1. The third-order valence-electron chi connectivity index (χ3n) is 1.78. The predicted octanol–water partition coefficient (Wildman–Crippen LogP) is 3.65. The first-order valence-corrected chi connectivity index (χ1v) is 5.12. The molecule has 0 aliphatic heterocycles. The quantitative estimate of drug-likeness (QED) is 0.713. The van der Waals surface area contributed by atoms with E-state index in [0.717, 1.165) is 5.56 Å². The molecular formula is C10H8ClNS. The lowest BCUT2D eigenvalue weighted by Crippen LogP contribution is -1.84. The van der Waals surface area contributed by atoms with Crippen LogP contribution in [0.15, 0.2) is 35.7 Å². The first kappa shape index (κ1) is 8.60. The van der Waals surface area contributed by atoms with Crippen LogP contribution < -0.4 is 5.73 Å². The Balaban J connectivity index is 2.53. The second kappa shape index (κ2) is 3.40. The molecule has 3 heteroatoms. The Hall–Kier alpha value is -0.990. The topological polar surface area (TPSA) is 26.0 Å². The number of halogens is 1. The lowest BCUT2D eigenvalue weighted by molar-refractivity contribution is 1.67. The zero-order valence-electron chi connectivity index (χ0n) is 6.83. The zero-order valence-corrected chi connectivity index (χ0v) is 8.40. The SMILES string of the molecule is Nc1ccc(-c2cccs2)c(Cl)c1. The van der Waals surface area contributed by atoms with Gasteiger partial charge in [0.25, 0.3) is 0 Å². The molecule has 66 valence electrons. The van der Waals surface area contributed by atoms with E-state index in [1.807, 2.05) is 29.6 Å². The molecule has 2 rings (SSSR count). The summed E-state index contributed by atoms with van der Waals surface area (Å²) in [4.78, 5) is 1.17. The van der Waals surface area contributed by atoms with E-state index < -0.39 is 0 Å². The van der Waals surface area contributed by atoms with Gasteiger partial charge in [0.15, 0.2) is 0 Å². The fourth-order valence-corrected chi connectivity index (χ4v) is 2.28. The Morgan fingerprint density at radius 3 is 2.69 bits per heavy atom. The van der Waals surface area contributed by atoms with E-state index in [-0.39, 0.29) is 0 Å². The van der Waals surface area contributed by atoms with Gasteiger partial charge in [-0.3, -0.25) is 0 Å². The third-order valence-corrected chi connectivity index (χ3v) is 3.00. The minimum absolute atomic E-state index is 0.699. The molecule has 0 fully saturated rings. The standard InChI is InChI=1S/C10H8ClNS/c11-9-6-7(12)3-4-8(9)10-2-1-5-13-10/h1-6H,12H2. The summed E-state index contributed by atoms with van der Waals surface area (Å²) in [5.74, 6) is 0. The van der Waals surface area contributed by atoms with Crippen molar-refractivity contribution >= 4 is 28.6 Å². The van der Waals surface area contributed by atoms with Crippen LogP contribution in [0.2, 0.25) is 5.02 Å². The molecule has 0 aliphatic carbocycles. The highest BCUT2D eigenvalue weighted by Gasteiger charge is 2.03. The van der Waals surface area contributed by atoms with Gasteiger partial charge >= 0.3 is 0 Å². The highest BCUT2D eigenvalue weighted by atomic mass is 35.5. The van der Waals surface area contributed by atoms with Crippen molar-refractivity contribution in [2.24, 2.45) is 0 Å². The number of nitrogen functional groups attached to an aromatic ring is 1. The second-order valence-corrected chi connectivity index (χ2v) is 4.07. The van der Waals surface area contributed by atoms with Crippen LogP contribution in [0.5, 0.6) is 0 Å². The molecule has 2 N–H and O–H groups in total. The Bertz CT molecular complexity index is 409. The van der Waals surface area contributed by atoms with Gasteiger partial charge in [-0.2, -0.15) is 0 Å². The molecule has 0 radical (unpaired) electrons. The minimum atomic E-state index is 0.699. The Kier molecular flexibility index (Phi) is 2.25. The maximum atomic E-state index is 6.05. The normalized spacial score (nSPS) is 10.2. The summed E-state index contributed by atoms with van der Waals surface area (Å²) in [6, 6.07) is 9.63. The van der Waals surface area contributed by atoms with Gasteiger partial charge in [-0.05, 0) is 23.6 Å². The molecule has 1 heterocycles. The summed E-state index contributed by atoms with van der Waals surface area (Å²) in [6.45, 7) is 0.